The van der Waals surface area contributed by atoms with Crippen LogP contribution in [0.1, 0.15) is 10.4 Å². The van der Waals surface area contributed by atoms with Crippen LogP contribution in [0.3, 0.4) is 0 Å². The number of aromatic nitrogens is 1. The highest BCUT2D eigenvalue weighted by Gasteiger charge is 2.11. The molecule has 0 aliphatic carbocycles. The van der Waals surface area contributed by atoms with Crippen LogP contribution in [0.15, 0.2) is 46.9 Å². The summed E-state index contributed by atoms with van der Waals surface area (Å²) < 4.78 is 14.7. The number of carbonyl (C=O) groups is 1. The minimum atomic E-state index is -0.370. The maximum absolute atomic E-state index is 12.8. The second kappa shape index (κ2) is 5.30. The molecule has 0 spiro atoms. The zero-order chi connectivity index (χ0) is 14.1. The number of amides is 1. The number of nitrogens with zero attached hydrogens (tertiary/aromatic N) is 1. The van der Waals surface area contributed by atoms with Gasteiger partial charge in [-0.2, -0.15) is 0 Å². The molecule has 1 heterocycles. The lowest BCUT2D eigenvalue weighted by atomic mass is 10.2. The third-order valence-electron chi connectivity index (χ3n) is 2.70. The van der Waals surface area contributed by atoms with E-state index in [-0.39, 0.29) is 11.7 Å². The number of hydrogen-bond donors (Lipinski definition) is 1. The van der Waals surface area contributed by atoms with Crippen molar-refractivity contribution in [1.82, 2.24) is 4.98 Å². The molecule has 0 saturated carbocycles. The van der Waals surface area contributed by atoms with Crippen LogP contribution in [-0.4, -0.2) is 10.9 Å². The van der Waals surface area contributed by atoms with E-state index in [1.165, 1.54) is 35.6 Å². The predicted molar refractivity (Wildman–Crippen MR) is 81.7 cm³/mol. The number of hydrogen-bond acceptors (Lipinski definition) is 3. The number of halogens is 2. The quantitative estimate of drug-likeness (QED) is 0.741. The number of benzene rings is 2. The Labute approximate surface area is 126 Å². The lowest BCUT2D eigenvalue weighted by molar-refractivity contribution is 0.102. The highest BCUT2D eigenvalue weighted by molar-refractivity contribution is 9.10. The minimum absolute atomic E-state index is 0.305. The molecule has 20 heavy (non-hydrogen) atoms. The van der Waals surface area contributed by atoms with E-state index < -0.39 is 0 Å². The Bertz CT molecular complexity index is 785. The largest absolute Gasteiger partial charge is 0.298 e. The second-order valence-electron chi connectivity index (χ2n) is 4.07. The van der Waals surface area contributed by atoms with Crippen molar-refractivity contribution in [3.8, 4) is 0 Å². The van der Waals surface area contributed by atoms with Gasteiger partial charge in [-0.1, -0.05) is 17.4 Å². The van der Waals surface area contributed by atoms with E-state index in [1.54, 1.807) is 0 Å². The third-order valence-corrected chi connectivity index (χ3v) is 4.27. The Balaban J connectivity index is 1.87. The van der Waals surface area contributed by atoms with Gasteiger partial charge < -0.3 is 0 Å². The van der Waals surface area contributed by atoms with Crippen LogP contribution in [-0.2, 0) is 0 Å². The summed E-state index contributed by atoms with van der Waals surface area (Å²) in [5, 5.41) is 3.23. The van der Waals surface area contributed by atoms with Crippen LogP contribution in [0.4, 0.5) is 9.52 Å². The molecule has 0 fully saturated rings. The lowest BCUT2D eigenvalue weighted by Crippen LogP contribution is -2.11. The number of fused-ring (bicyclic) bond motifs is 1. The summed E-state index contributed by atoms with van der Waals surface area (Å²) in [7, 11) is 0. The molecule has 6 heteroatoms. The predicted octanol–water partition coefficient (Wildman–Crippen LogP) is 4.45. The van der Waals surface area contributed by atoms with Crippen LogP contribution in [0.25, 0.3) is 10.2 Å². The van der Waals surface area contributed by atoms with Crippen molar-refractivity contribution in [2.24, 2.45) is 0 Å². The average molecular weight is 351 g/mol. The number of thiazole rings is 1. The van der Waals surface area contributed by atoms with E-state index >= 15 is 0 Å². The topological polar surface area (TPSA) is 42.0 Å². The van der Waals surface area contributed by atoms with Gasteiger partial charge in [0.1, 0.15) is 5.82 Å². The van der Waals surface area contributed by atoms with Crippen molar-refractivity contribution in [3.05, 3.63) is 58.3 Å². The fourth-order valence-electron chi connectivity index (χ4n) is 1.74. The highest BCUT2D eigenvalue weighted by Crippen LogP contribution is 2.31. The number of carbonyl (C=O) groups excluding carboxylic acids is 1. The van der Waals surface area contributed by atoms with Crippen LogP contribution >= 0.6 is 27.3 Å². The van der Waals surface area contributed by atoms with Gasteiger partial charge in [0.25, 0.3) is 5.91 Å². The third kappa shape index (κ3) is 2.57. The Morgan fingerprint density at radius 3 is 2.65 bits per heavy atom. The standard InChI is InChI=1S/C14H8BrFN2OS/c15-10-2-1-3-11-12(10)17-14(20-11)18-13(19)8-4-6-9(16)7-5-8/h1-7H,(H,17,18,19). The summed E-state index contributed by atoms with van der Waals surface area (Å²) in [4.78, 5) is 16.4. The van der Waals surface area contributed by atoms with Crippen LogP contribution in [0, 0.1) is 5.82 Å². The molecule has 1 N–H and O–H groups in total. The first-order chi connectivity index (χ1) is 9.63. The Kier molecular flexibility index (Phi) is 3.50. The molecule has 3 aromatic rings. The lowest BCUT2D eigenvalue weighted by Gasteiger charge is -2.00. The van der Waals surface area contributed by atoms with Gasteiger partial charge in [-0.25, -0.2) is 9.37 Å². The van der Waals surface area contributed by atoms with Crippen molar-refractivity contribution in [1.29, 1.82) is 0 Å². The molecular weight excluding hydrogens is 343 g/mol. The highest BCUT2D eigenvalue weighted by atomic mass is 79.9. The summed E-state index contributed by atoms with van der Waals surface area (Å²) >= 11 is 4.81. The van der Waals surface area contributed by atoms with Gasteiger partial charge in [-0.05, 0) is 52.3 Å². The zero-order valence-corrected chi connectivity index (χ0v) is 12.5. The van der Waals surface area contributed by atoms with E-state index in [2.05, 4.69) is 26.2 Å². The number of rotatable bonds is 2. The Morgan fingerprint density at radius 2 is 1.95 bits per heavy atom. The van der Waals surface area contributed by atoms with Crippen molar-refractivity contribution in [3.63, 3.8) is 0 Å². The Hall–Kier alpha value is -1.79. The molecule has 3 rings (SSSR count). The molecule has 1 amide bonds. The van der Waals surface area contributed by atoms with Crippen molar-refractivity contribution in [2.75, 3.05) is 5.32 Å². The van der Waals surface area contributed by atoms with Gasteiger partial charge in [0.15, 0.2) is 5.13 Å². The van der Waals surface area contributed by atoms with Gasteiger partial charge in [0.2, 0.25) is 0 Å². The fourth-order valence-corrected chi connectivity index (χ4v) is 3.21. The van der Waals surface area contributed by atoms with Crippen LogP contribution in [0.5, 0.6) is 0 Å². The van der Waals surface area contributed by atoms with Crippen molar-refractivity contribution in [2.45, 2.75) is 0 Å². The number of nitrogens with one attached hydrogen (secondary N) is 1. The smallest absolute Gasteiger partial charge is 0.257 e. The summed E-state index contributed by atoms with van der Waals surface area (Å²) in [5.41, 5.74) is 1.21. The van der Waals surface area contributed by atoms with Gasteiger partial charge in [0, 0.05) is 10.0 Å². The van der Waals surface area contributed by atoms with Gasteiger partial charge >= 0.3 is 0 Å². The van der Waals surface area contributed by atoms with Crippen LogP contribution in [0.2, 0.25) is 0 Å². The van der Waals surface area contributed by atoms with Crippen molar-refractivity contribution >= 4 is 48.5 Å². The molecule has 3 nitrogen and oxygen atoms in total. The number of anilines is 1. The summed E-state index contributed by atoms with van der Waals surface area (Å²) in [6.07, 6.45) is 0. The minimum Gasteiger partial charge on any atom is -0.298 e. The molecule has 0 bridgehead atoms. The van der Waals surface area contributed by atoms with E-state index in [4.69, 9.17) is 0 Å². The molecule has 0 radical (unpaired) electrons. The molecule has 0 unspecified atom stereocenters. The molecular formula is C14H8BrFN2OS. The maximum atomic E-state index is 12.8. The van der Waals surface area contributed by atoms with Gasteiger partial charge in [0.05, 0.1) is 10.2 Å². The molecule has 100 valence electrons. The first-order valence-corrected chi connectivity index (χ1v) is 7.36. The molecule has 0 aliphatic rings. The second-order valence-corrected chi connectivity index (χ2v) is 5.95. The Morgan fingerprint density at radius 1 is 1.20 bits per heavy atom. The zero-order valence-electron chi connectivity index (χ0n) is 10.1. The molecule has 1 aromatic heterocycles. The summed E-state index contributed by atoms with van der Waals surface area (Å²) in [6.45, 7) is 0. The SMILES string of the molecule is O=C(Nc1nc2c(Br)cccc2s1)c1ccc(F)cc1. The van der Waals surface area contributed by atoms with Gasteiger partial charge in [-0.3, -0.25) is 10.1 Å². The van der Waals surface area contributed by atoms with E-state index in [9.17, 15) is 9.18 Å². The monoisotopic (exact) mass is 350 g/mol. The first kappa shape index (κ1) is 13.2. The van der Waals surface area contributed by atoms with Gasteiger partial charge in [-0.15, -0.1) is 0 Å². The van der Waals surface area contributed by atoms with E-state index in [1.807, 2.05) is 18.2 Å². The van der Waals surface area contributed by atoms with Crippen molar-refractivity contribution < 1.29 is 9.18 Å². The molecule has 0 atom stereocenters. The normalized spacial score (nSPS) is 10.7. The van der Waals surface area contributed by atoms with E-state index in [0.29, 0.717) is 10.7 Å². The first-order valence-electron chi connectivity index (χ1n) is 5.75. The number of para-hydroxylation sites is 1. The molecule has 0 aliphatic heterocycles. The molecule has 2 aromatic carbocycles. The molecule has 0 saturated heterocycles. The fraction of sp³-hybridized carbons (Fsp3) is 0. The van der Waals surface area contributed by atoms with E-state index in [0.717, 1.165) is 14.7 Å². The van der Waals surface area contributed by atoms with Crippen LogP contribution < -0.4 is 5.32 Å². The summed E-state index contributed by atoms with van der Waals surface area (Å²) in [6, 6.07) is 11.1. The summed E-state index contributed by atoms with van der Waals surface area (Å²) in [5.74, 6) is -0.675. The maximum Gasteiger partial charge on any atom is 0.257 e. The average Bonchev–Trinajstić information content (AvgIpc) is 2.83.